The predicted molar refractivity (Wildman–Crippen MR) is 165 cm³/mol. The first kappa shape index (κ1) is 27.7. The normalized spacial score (nSPS) is 21.6. The van der Waals surface area contributed by atoms with Gasteiger partial charge in [-0.05, 0) is 85.8 Å². The highest BCUT2D eigenvalue weighted by Gasteiger charge is 2.50. The molecule has 1 aliphatic carbocycles. The monoisotopic (exact) mass is 560 g/mol. The molecule has 3 aromatic carbocycles. The summed E-state index contributed by atoms with van der Waals surface area (Å²) in [4.78, 5) is 0. The summed E-state index contributed by atoms with van der Waals surface area (Å²) in [6.45, 7) is 9.61. The van der Waals surface area contributed by atoms with Crippen LogP contribution in [0.2, 0.25) is 38.3 Å². The second-order valence-corrected chi connectivity index (χ2v) is 24.5. The Balaban J connectivity index is 1.42. The third kappa shape index (κ3) is 7.03. The van der Waals surface area contributed by atoms with Crippen molar-refractivity contribution in [1.82, 2.24) is 0 Å². The van der Waals surface area contributed by atoms with Crippen LogP contribution in [0.4, 0.5) is 0 Å². The van der Waals surface area contributed by atoms with Gasteiger partial charge in [-0.2, -0.15) is 0 Å². The van der Waals surface area contributed by atoms with Gasteiger partial charge in [0.1, 0.15) is 0 Å². The molecule has 1 saturated heterocycles. The van der Waals surface area contributed by atoms with E-state index in [1.807, 2.05) is 0 Å². The fraction of sp³-hybridized carbons (Fsp3) is 0.438. The van der Waals surface area contributed by atoms with Crippen molar-refractivity contribution in [3.05, 3.63) is 96.6 Å². The summed E-state index contributed by atoms with van der Waals surface area (Å²) in [5.41, 5.74) is 1.38. The highest BCUT2D eigenvalue weighted by atomic mass is 28.5. The van der Waals surface area contributed by atoms with E-state index in [0.29, 0.717) is 12.2 Å². The molecule has 202 valence electrons. The maximum Gasteiger partial charge on any atom is 0.386 e. The molecule has 2 fully saturated rings. The van der Waals surface area contributed by atoms with Crippen molar-refractivity contribution < 1.29 is 13.0 Å². The highest BCUT2D eigenvalue weighted by molar-refractivity contribution is 7.02. The van der Waals surface area contributed by atoms with Gasteiger partial charge >= 0.3 is 8.56 Å². The molecule has 0 N–H and O–H groups in total. The minimum Gasteiger partial charge on any atom is -0.430 e. The quantitative estimate of drug-likeness (QED) is 0.179. The second kappa shape index (κ2) is 11.7. The maximum atomic E-state index is 7.57. The molecule has 2 aliphatic rings. The predicted octanol–water partition coefficient (Wildman–Crippen LogP) is 6.89. The fourth-order valence-corrected chi connectivity index (χ4v) is 19.1. The highest BCUT2D eigenvalue weighted by Crippen LogP contribution is 2.42. The Bertz CT molecular complexity index is 1110. The molecule has 3 atom stereocenters. The lowest BCUT2D eigenvalue weighted by Gasteiger charge is -2.43. The van der Waals surface area contributed by atoms with E-state index in [4.69, 9.17) is 13.0 Å². The lowest BCUT2D eigenvalue weighted by Crippen LogP contribution is -2.70. The van der Waals surface area contributed by atoms with Gasteiger partial charge in [-0.3, -0.25) is 0 Å². The van der Waals surface area contributed by atoms with E-state index in [9.17, 15) is 0 Å². The van der Waals surface area contributed by atoms with E-state index in [0.717, 1.165) is 18.4 Å². The van der Waals surface area contributed by atoms with Gasteiger partial charge in [-0.1, -0.05) is 97.4 Å². The van der Waals surface area contributed by atoms with Crippen LogP contribution in [-0.4, -0.2) is 37.4 Å². The number of rotatable bonds is 12. The molecule has 38 heavy (non-hydrogen) atoms. The van der Waals surface area contributed by atoms with Gasteiger partial charge in [-0.15, -0.1) is 0 Å². The largest absolute Gasteiger partial charge is 0.430 e. The molecule has 5 rings (SSSR count). The Hall–Kier alpha value is -1.81. The third-order valence-corrected chi connectivity index (χ3v) is 20.1. The average Bonchev–Trinajstić information content (AvgIpc) is 3.71. The van der Waals surface area contributed by atoms with Crippen molar-refractivity contribution in [2.45, 2.75) is 82.6 Å². The van der Waals surface area contributed by atoms with Crippen LogP contribution in [0.15, 0.2) is 91.0 Å². The standard InChI is InChI=1S/C32H44O3Si3/c1-36(2,24-22-27-14-8-5-9-15-27)34-38(29-16-10-6-11-17-29,30-18-12-7-13-19-30)35-37(3,4)25-23-28-20-21-31-32(26-28)33-31/h5-19,28,31-32H,20-26H2,1-4H3. The van der Waals surface area contributed by atoms with E-state index in [1.165, 1.54) is 47.7 Å². The van der Waals surface area contributed by atoms with Crippen molar-refractivity contribution in [3.63, 3.8) is 0 Å². The summed E-state index contributed by atoms with van der Waals surface area (Å²) in [6, 6.07) is 34.8. The Morgan fingerprint density at radius 3 is 1.74 bits per heavy atom. The van der Waals surface area contributed by atoms with Gasteiger partial charge in [0.2, 0.25) is 0 Å². The van der Waals surface area contributed by atoms with Crippen LogP contribution >= 0.6 is 0 Å². The minimum absolute atomic E-state index is 0.543. The molecule has 1 heterocycles. The van der Waals surface area contributed by atoms with Gasteiger partial charge in [0.05, 0.1) is 12.2 Å². The van der Waals surface area contributed by atoms with E-state index in [2.05, 4.69) is 117 Å². The first-order valence-corrected chi connectivity index (χ1v) is 22.5. The number of fused-ring (bicyclic) bond motifs is 1. The van der Waals surface area contributed by atoms with Gasteiger partial charge in [-0.25, -0.2) is 0 Å². The molecule has 0 aromatic heterocycles. The van der Waals surface area contributed by atoms with Crippen LogP contribution in [0.5, 0.6) is 0 Å². The summed E-state index contributed by atoms with van der Waals surface area (Å²) >= 11 is 0. The number of ether oxygens (including phenoxy) is 1. The fourth-order valence-electron chi connectivity index (χ4n) is 6.01. The van der Waals surface area contributed by atoms with Crippen LogP contribution in [-0.2, 0) is 19.4 Å². The van der Waals surface area contributed by atoms with Crippen molar-refractivity contribution in [1.29, 1.82) is 0 Å². The van der Waals surface area contributed by atoms with Gasteiger partial charge in [0, 0.05) is 0 Å². The molecule has 3 nitrogen and oxygen atoms in total. The molecule has 6 heteroatoms. The summed E-state index contributed by atoms with van der Waals surface area (Å²) in [7, 11) is -7.12. The van der Waals surface area contributed by atoms with Gasteiger partial charge in [0.25, 0.3) is 0 Å². The molecular formula is C32H44O3Si3. The Morgan fingerprint density at radius 1 is 0.658 bits per heavy atom. The molecule has 1 saturated carbocycles. The molecule has 0 radical (unpaired) electrons. The smallest absolute Gasteiger partial charge is 0.386 e. The molecule has 0 amide bonds. The lowest BCUT2D eigenvalue weighted by atomic mass is 9.88. The van der Waals surface area contributed by atoms with Crippen LogP contribution in [0.25, 0.3) is 0 Å². The van der Waals surface area contributed by atoms with Crippen molar-refractivity contribution in [2.24, 2.45) is 5.92 Å². The van der Waals surface area contributed by atoms with Crippen molar-refractivity contribution >= 4 is 35.6 Å². The van der Waals surface area contributed by atoms with E-state index >= 15 is 0 Å². The number of hydrogen-bond acceptors (Lipinski definition) is 3. The maximum absolute atomic E-state index is 7.57. The van der Waals surface area contributed by atoms with E-state index < -0.39 is 25.2 Å². The Kier molecular flexibility index (Phi) is 8.57. The SMILES string of the molecule is C[Si](C)(CCc1ccccc1)O[Si](O[Si](C)(C)CCC1CCC2OC2C1)(c1ccccc1)c1ccccc1. The number of benzene rings is 3. The number of aryl methyl sites for hydroxylation is 1. The van der Waals surface area contributed by atoms with Crippen molar-refractivity contribution in [3.8, 4) is 0 Å². The zero-order valence-electron chi connectivity index (χ0n) is 23.6. The van der Waals surface area contributed by atoms with Gasteiger partial charge < -0.3 is 13.0 Å². The lowest BCUT2D eigenvalue weighted by molar-refractivity contribution is 0.352. The first-order chi connectivity index (χ1) is 18.2. The molecule has 3 aromatic rings. The summed E-state index contributed by atoms with van der Waals surface area (Å²) in [6.07, 6.45) is 7.19. The van der Waals surface area contributed by atoms with Crippen LogP contribution < -0.4 is 10.4 Å². The second-order valence-electron chi connectivity index (χ2n) is 12.5. The summed E-state index contributed by atoms with van der Waals surface area (Å²) in [5, 5.41) is 2.47. The third-order valence-electron chi connectivity index (χ3n) is 8.27. The summed E-state index contributed by atoms with van der Waals surface area (Å²) < 4.78 is 20.9. The van der Waals surface area contributed by atoms with Gasteiger partial charge in [0.15, 0.2) is 16.6 Å². The Morgan fingerprint density at radius 2 is 1.18 bits per heavy atom. The van der Waals surface area contributed by atoms with Crippen LogP contribution in [0.1, 0.15) is 31.2 Å². The van der Waals surface area contributed by atoms with Crippen molar-refractivity contribution in [2.75, 3.05) is 0 Å². The van der Waals surface area contributed by atoms with Crippen LogP contribution in [0, 0.1) is 5.92 Å². The first-order valence-electron chi connectivity index (χ1n) is 14.5. The van der Waals surface area contributed by atoms with E-state index in [-0.39, 0.29) is 0 Å². The van der Waals surface area contributed by atoms with Crippen LogP contribution in [0.3, 0.4) is 0 Å². The molecule has 3 unspecified atom stereocenters. The van der Waals surface area contributed by atoms with E-state index in [1.54, 1.807) is 0 Å². The molecule has 0 bridgehead atoms. The number of epoxide rings is 1. The molecule has 0 spiro atoms. The topological polar surface area (TPSA) is 31.0 Å². The molecule has 1 aliphatic heterocycles. The minimum atomic E-state index is -2.95. The zero-order valence-corrected chi connectivity index (χ0v) is 26.6. The Labute approximate surface area is 233 Å². The zero-order chi connectivity index (χ0) is 26.6. The summed E-state index contributed by atoms with van der Waals surface area (Å²) in [5.74, 6) is 0.774. The average molecular weight is 561 g/mol. The molecular weight excluding hydrogens is 517 g/mol. The number of hydrogen-bond donors (Lipinski definition) is 0.